The van der Waals surface area contributed by atoms with E-state index in [1.807, 2.05) is 0 Å². The first-order valence-corrected chi connectivity index (χ1v) is 6.80. The van der Waals surface area contributed by atoms with Crippen LogP contribution in [0.15, 0.2) is 0 Å². The molecule has 0 aromatic rings. The van der Waals surface area contributed by atoms with Gasteiger partial charge in [-0.05, 0) is 25.2 Å². The molecule has 0 radical (unpaired) electrons. The van der Waals surface area contributed by atoms with Crippen LogP contribution < -0.4 is 5.73 Å². The van der Waals surface area contributed by atoms with Crippen LogP contribution in [0.1, 0.15) is 47.5 Å². The van der Waals surface area contributed by atoms with E-state index in [2.05, 4.69) is 39.5 Å². The number of nitrogens with zero attached hydrogens (tertiary/aromatic N) is 1. The van der Waals surface area contributed by atoms with Gasteiger partial charge in [0.2, 0.25) is 0 Å². The van der Waals surface area contributed by atoms with Gasteiger partial charge in [-0.15, -0.1) is 0 Å². The zero-order chi connectivity index (χ0) is 13.5. The second kappa shape index (κ2) is 8.06. The maximum atomic E-state index is 5.96. The average molecular weight is 244 g/mol. The Bertz CT molecular complexity index is 189. The highest BCUT2D eigenvalue weighted by Crippen LogP contribution is 2.24. The molecule has 0 rings (SSSR count). The first-order chi connectivity index (χ1) is 7.85. The fourth-order valence-electron chi connectivity index (χ4n) is 2.24. The van der Waals surface area contributed by atoms with Crippen molar-refractivity contribution in [3.8, 4) is 0 Å². The van der Waals surface area contributed by atoms with Crippen molar-refractivity contribution >= 4 is 0 Å². The van der Waals surface area contributed by atoms with E-state index in [0.29, 0.717) is 17.5 Å². The summed E-state index contributed by atoms with van der Waals surface area (Å²) in [5.41, 5.74) is 6.28. The van der Waals surface area contributed by atoms with Crippen molar-refractivity contribution in [2.24, 2.45) is 11.1 Å². The Kier molecular flexibility index (Phi) is 8.01. The summed E-state index contributed by atoms with van der Waals surface area (Å²) in [6.07, 6.45) is 2.29. The summed E-state index contributed by atoms with van der Waals surface area (Å²) in [7, 11) is 1.76. The predicted octanol–water partition coefficient (Wildman–Crippen LogP) is 2.50. The molecular formula is C14H32N2O. The summed E-state index contributed by atoms with van der Waals surface area (Å²) < 4.78 is 5.21. The lowest BCUT2D eigenvalue weighted by Gasteiger charge is -2.38. The molecule has 0 aromatic heterocycles. The van der Waals surface area contributed by atoms with Crippen molar-refractivity contribution in [3.63, 3.8) is 0 Å². The highest BCUT2D eigenvalue weighted by atomic mass is 16.5. The minimum Gasteiger partial charge on any atom is -0.383 e. The van der Waals surface area contributed by atoms with Crippen LogP contribution in [0.5, 0.6) is 0 Å². The summed E-state index contributed by atoms with van der Waals surface area (Å²) in [6.45, 7) is 13.8. The van der Waals surface area contributed by atoms with Gasteiger partial charge in [-0.1, -0.05) is 27.7 Å². The van der Waals surface area contributed by atoms with Crippen molar-refractivity contribution < 1.29 is 4.74 Å². The van der Waals surface area contributed by atoms with Crippen LogP contribution in [-0.2, 0) is 4.74 Å². The molecule has 0 aliphatic rings. The zero-order valence-electron chi connectivity index (χ0n) is 12.6. The van der Waals surface area contributed by atoms with Gasteiger partial charge in [-0.2, -0.15) is 0 Å². The largest absolute Gasteiger partial charge is 0.383 e. The second-order valence-corrected chi connectivity index (χ2v) is 6.14. The van der Waals surface area contributed by atoms with Crippen LogP contribution in [0.25, 0.3) is 0 Å². The van der Waals surface area contributed by atoms with Gasteiger partial charge in [-0.25, -0.2) is 0 Å². The molecule has 17 heavy (non-hydrogen) atoms. The Morgan fingerprint density at radius 1 is 1.29 bits per heavy atom. The minimum absolute atomic E-state index is 0.322. The van der Waals surface area contributed by atoms with Crippen molar-refractivity contribution in [2.45, 2.75) is 59.5 Å². The van der Waals surface area contributed by atoms with E-state index in [1.54, 1.807) is 7.11 Å². The van der Waals surface area contributed by atoms with Crippen LogP contribution in [0, 0.1) is 5.41 Å². The average Bonchev–Trinajstić information content (AvgIpc) is 2.25. The molecule has 0 spiro atoms. The molecule has 3 nitrogen and oxygen atoms in total. The Hall–Kier alpha value is -0.120. The van der Waals surface area contributed by atoms with Crippen molar-refractivity contribution in [3.05, 3.63) is 0 Å². The predicted molar refractivity (Wildman–Crippen MR) is 75.2 cm³/mol. The van der Waals surface area contributed by atoms with E-state index >= 15 is 0 Å². The molecule has 2 unspecified atom stereocenters. The fraction of sp³-hybridized carbons (Fsp3) is 1.00. The van der Waals surface area contributed by atoms with Gasteiger partial charge in [0.05, 0.1) is 6.61 Å². The van der Waals surface area contributed by atoms with E-state index in [-0.39, 0.29) is 0 Å². The molecule has 0 saturated carbocycles. The number of hydrogen-bond donors (Lipinski definition) is 1. The van der Waals surface area contributed by atoms with Gasteiger partial charge >= 0.3 is 0 Å². The van der Waals surface area contributed by atoms with Crippen LogP contribution in [0.4, 0.5) is 0 Å². The quantitative estimate of drug-likeness (QED) is 0.713. The first-order valence-electron chi connectivity index (χ1n) is 6.80. The maximum Gasteiger partial charge on any atom is 0.0589 e. The molecule has 0 amide bonds. The third kappa shape index (κ3) is 7.02. The van der Waals surface area contributed by atoms with E-state index in [0.717, 1.165) is 32.5 Å². The summed E-state index contributed by atoms with van der Waals surface area (Å²) in [6, 6.07) is 1.03. The fourth-order valence-corrected chi connectivity index (χ4v) is 2.24. The zero-order valence-corrected chi connectivity index (χ0v) is 12.6. The molecule has 0 heterocycles. The number of hydrogen-bond acceptors (Lipinski definition) is 3. The molecule has 0 saturated heterocycles. The van der Waals surface area contributed by atoms with Gasteiger partial charge < -0.3 is 10.5 Å². The summed E-state index contributed by atoms with van der Waals surface area (Å²) in [5.74, 6) is 0. The number of nitrogens with two attached hydrogens (primary N) is 1. The topological polar surface area (TPSA) is 38.5 Å². The lowest BCUT2D eigenvalue weighted by molar-refractivity contribution is 0.0721. The van der Waals surface area contributed by atoms with Crippen LogP contribution in [0.2, 0.25) is 0 Å². The number of rotatable bonds is 8. The lowest BCUT2D eigenvalue weighted by atomic mass is 9.87. The number of methoxy groups -OCH3 is 1. The molecule has 3 heteroatoms. The maximum absolute atomic E-state index is 5.96. The Labute approximate surface area is 108 Å². The van der Waals surface area contributed by atoms with Gasteiger partial charge in [0.1, 0.15) is 0 Å². The summed E-state index contributed by atoms with van der Waals surface area (Å²) in [5, 5.41) is 0. The summed E-state index contributed by atoms with van der Waals surface area (Å²) in [4.78, 5) is 2.51. The van der Waals surface area contributed by atoms with Crippen molar-refractivity contribution in [1.29, 1.82) is 0 Å². The standard InChI is InChI=1S/C14H32N2O/c1-7-12(2)16(8-9-17-6)13(11-15)10-14(3,4)5/h12-13H,7-11,15H2,1-6H3. The van der Waals surface area contributed by atoms with Crippen molar-refractivity contribution in [2.75, 3.05) is 26.8 Å². The SMILES string of the molecule is CCC(C)N(CCOC)C(CN)CC(C)(C)C. The monoisotopic (exact) mass is 244 g/mol. The molecule has 0 bridgehead atoms. The smallest absolute Gasteiger partial charge is 0.0589 e. The lowest BCUT2D eigenvalue weighted by Crippen LogP contribution is -2.48. The molecule has 104 valence electrons. The number of ether oxygens (including phenoxy) is 1. The van der Waals surface area contributed by atoms with E-state index in [9.17, 15) is 0 Å². The molecular weight excluding hydrogens is 212 g/mol. The Balaban J connectivity index is 4.59. The van der Waals surface area contributed by atoms with E-state index < -0.39 is 0 Å². The first kappa shape index (κ1) is 16.9. The molecule has 2 N–H and O–H groups in total. The van der Waals surface area contributed by atoms with Gasteiger partial charge in [0.25, 0.3) is 0 Å². The van der Waals surface area contributed by atoms with Crippen LogP contribution in [-0.4, -0.2) is 43.8 Å². The Morgan fingerprint density at radius 2 is 1.88 bits per heavy atom. The van der Waals surface area contributed by atoms with Gasteiger partial charge in [-0.3, -0.25) is 4.90 Å². The van der Waals surface area contributed by atoms with Crippen LogP contribution in [0.3, 0.4) is 0 Å². The third-order valence-corrected chi connectivity index (χ3v) is 3.30. The highest BCUT2D eigenvalue weighted by molar-refractivity contribution is 4.81. The van der Waals surface area contributed by atoms with Gasteiger partial charge in [0.15, 0.2) is 0 Å². The highest BCUT2D eigenvalue weighted by Gasteiger charge is 2.25. The molecule has 0 aromatic carbocycles. The minimum atomic E-state index is 0.322. The molecule has 0 aliphatic heterocycles. The molecule has 2 atom stereocenters. The van der Waals surface area contributed by atoms with Crippen molar-refractivity contribution in [1.82, 2.24) is 4.90 Å². The molecule has 0 aliphatic carbocycles. The Morgan fingerprint density at radius 3 is 2.24 bits per heavy atom. The summed E-state index contributed by atoms with van der Waals surface area (Å²) >= 11 is 0. The van der Waals surface area contributed by atoms with Gasteiger partial charge in [0, 0.05) is 32.3 Å². The van der Waals surface area contributed by atoms with E-state index in [1.165, 1.54) is 0 Å². The second-order valence-electron chi connectivity index (χ2n) is 6.14. The van der Waals surface area contributed by atoms with Crippen LogP contribution >= 0.6 is 0 Å². The van der Waals surface area contributed by atoms with E-state index in [4.69, 9.17) is 10.5 Å². The normalized spacial score (nSPS) is 16.2. The molecule has 0 fully saturated rings. The third-order valence-electron chi connectivity index (χ3n) is 3.30.